The first-order valence-corrected chi connectivity index (χ1v) is 5.89. The van der Waals surface area contributed by atoms with Gasteiger partial charge in [-0.3, -0.25) is 0 Å². The maximum Gasteiger partial charge on any atom is 0.347 e. The normalized spacial score (nSPS) is 10.9. The Kier molecular flexibility index (Phi) is 4.71. The topological polar surface area (TPSA) is 53.4 Å². The van der Waals surface area contributed by atoms with Crippen LogP contribution in [-0.4, -0.2) is 40.6 Å². The molecule has 1 heterocycles. The van der Waals surface area contributed by atoms with Gasteiger partial charge >= 0.3 is 5.97 Å². The summed E-state index contributed by atoms with van der Waals surface area (Å²) in [4.78, 5) is 17.3. The molecule has 0 spiro atoms. The first kappa shape index (κ1) is 12.1. The molecule has 0 unspecified atom stereocenters. The average molecular weight is 228 g/mol. The van der Waals surface area contributed by atoms with Crippen molar-refractivity contribution in [3.05, 3.63) is 16.1 Å². The number of likely N-dealkylation sites (N-methyl/N-ethyl adjacent to an activating group) is 1. The standard InChI is InChI=1S/C10H16N2O2S/c1-3-12(4-2)6-5-9-11-7-8(15-9)10(13)14/h7H,3-6H2,1-2H3,(H,13,14). The summed E-state index contributed by atoms with van der Waals surface area (Å²) in [5.74, 6) is -0.887. The number of carboxylic acid groups (broad SMARTS) is 1. The minimum Gasteiger partial charge on any atom is -0.477 e. The number of aromatic nitrogens is 1. The molecule has 1 rings (SSSR count). The van der Waals surface area contributed by atoms with Crippen molar-refractivity contribution >= 4 is 17.3 Å². The van der Waals surface area contributed by atoms with Gasteiger partial charge in [0, 0.05) is 13.0 Å². The van der Waals surface area contributed by atoms with E-state index in [-0.39, 0.29) is 0 Å². The third-order valence-electron chi connectivity index (χ3n) is 2.30. The van der Waals surface area contributed by atoms with E-state index in [1.807, 2.05) is 0 Å². The molecule has 0 aliphatic heterocycles. The van der Waals surface area contributed by atoms with Crippen LogP contribution in [0.3, 0.4) is 0 Å². The summed E-state index contributed by atoms with van der Waals surface area (Å²) >= 11 is 1.27. The second-order valence-corrected chi connectivity index (χ2v) is 4.32. The van der Waals surface area contributed by atoms with Crippen LogP contribution in [0, 0.1) is 0 Å². The molecular weight excluding hydrogens is 212 g/mol. The van der Waals surface area contributed by atoms with Crippen LogP contribution >= 0.6 is 11.3 Å². The van der Waals surface area contributed by atoms with Gasteiger partial charge in [-0.1, -0.05) is 13.8 Å². The minimum atomic E-state index is -0.887. The molecule has 0 bridgehead atoms. The summed E-state index contributed by atoms with van der Waals surface area (Å²) in [6.07, 6.45) is 2.27. The Bertz CT molecular complexity index is 321. The molecular formula is C10H16N2O2S. The zero-order valence-electron chi connectivity index (χ0n) is 9.06. The van der Waals surface area contributed by atoms with Crippen LogP contribution in [0.15, 0.2) is 6.20 Å². The van der Waals surface area contributed by atoms with Crippen molar-refractivity contribution < 1.29 is 9.90 Å². The molecule has 0 saturated heterocycles. The number of rotatable bonds is 6. The molecule has 1 aromatic rings. The van der Waals surface area contributed by atoms with Gasteiger partial charge in [0.05, 0.1) is 11.2 Å². The lowest BCUT2D eigenvalue weighted by molar-refractivity contribution is 0.0702. The smallest absolute Gasteiger partial charge is 0.347 e. The van der Waals surface area contributed by atoms with Crippen molar-refractivity contribution in [1.82, 2.24) is 9.88 Å². The van der Waals surface area contributed by atoms with Crippen molar-refractivity contribution in [3.63, 3.8) is 0 Å². The van der Waals surface area contributed by atoms with E-state index in [1.165, 1.54) is 17.5 Å². The third-order valence-corrected chi connectivity index (χ3v) is 3.35. The molecule has 0 aliphatic carbocycles. The SMILES string of the molecule is CCN(CC)CCc1ncc(C(=O)O)s1. The maximum absolute atomic E-state index is 10.6. The fraction of sp³-hybridized carbons (Fsp3) is 0.600. The molecule has 4 nitrogen and oxygen atoms in total. The molecule has 15 heavy (non-hydrogen) atoms. The fourth-order valence-electron chi connectivity index (χ4n) is 1.32. The highest BCUT2D eigenvalue weighted by molar-refractivity contribution is 7.13. The lowest BCUT2D eigenvalue weighted by Gasteiger charge is -2.16. The van der Waals surface area contributed by atoms with E-state index in [2.05, 4.69) is 23.7 Å². The van der Waals surface area contributed by atoms with Crippen molar-refractivity contribution in [1.29, 1.82) is 0 Å². The monoisotopic (exact) mass is 228 g/mol. The minimum absolute atomic E-state index is 0.324. The van der Waals surface area contributed by atoms with Gasteiger partial charge in [0.25, 0.3) is 0 Å². The molecule has 0 fully saturated rings. The van der Waals surface area contributed by atoms with Gasteiger partial charge in [0.2, 0.25) is 0 Å². The Balaban J connectivity index is 2.47. The van der Waals surface area contributed by atoms with Crippen LogP contribution in [-0.2, 0) is 6.42 Å². The van der Waals surface area contributed by atoms with Crippen molar-refractivity contribution in [2.24, 2.45) is 0 Å². The predicted octanol–water partition coefficient (Wildman–Crippen LogP) is 1.73. The lowest BCUT2D eigenvalue weighted by Crippen LogP contribution is -2.25. The highest BCUT2D eigenvalue weighted by Crippen LogP contribution is 2.13. The first-order valence-electron chi connectivity index (χ1n) is 5.07. The van der Waals surface area contributed by atoms with E-state index in [4.69, 9.17) is 5.11 Å². The van der Waals surface area contributed by atoms with Gasteiger partial charge < -0.3 is 10.0 Å². The summed E-state index contributed by atoms with van der Waals surface area (Å²) < 4.78 is 0. The summed E-state index contributed by atoms with van der Waals surface area (Å²) in [6.45, 7) is 7.23. The van der Waals surface area contributed by atoms with E-state index in [9.17, 15) is 4.79 Å². The lowest BCUT2D eigenvalue weighted by atomic mass is 10.4. The largest absolute Gasteiger partial charge is 0.477 e. The van der Waals surface area contributed by atoms with Gasteiger partial charge in [0.15, 0.2) is 0 Å². The van der Waals surface area contributed by atoms with Crippen molar-refractivity contribution in [3.8, 4) is 0 Å². The molecule has 0 aliphatic rings. The summed E-state index contributed by atoms with van der Waals surface area (Å²) in [7, 11) is 0. The third kappa shape index (κ3) is 3.60. The summed E-state index contributed by atoms with van der Waals surface area (Å²) in [5.41, 5.74) is 0. The van der Waals surface area contributed by atoms with Gasteiger partial charge in [0.1, 0.15) is 4.88 Å². The van der Waals surface area contributed by atoms with E-state index < -0.39 is 5.97 Å². The molecule has 0 amide bonds. The van der Waals surface area contributed by atoms with Crippen LogP contribution in [0.25, 0.3) is 0 Å². The number of nitrogens with zero attached hydrogens (tertiary/aromatic N) is 2. The van der Waals surface area contributed by atoms with E-state index in [0.717, 1.165) is 31.1 Å². The van der Waals surface area contributed by atoms with Crippen LogP contribution in [0.5, 0.6) is 0 Å². The number of thiazole rings is 1. The summed E-state index contributed by atoms with van der Waals surface area (Å²) in [5, 5.41) is 9.63. The molecule has 0 aromatic carbocycles. The Morgan fingerprint density at radius 3 is 2.67 bits per heavy atom. The molecule has 84 valence electrons. The van der Waals surface area contributed by atoms with E-state index in [1.54, 1.807) is 0 Å². The molecule has 0 radical (unpaired) electrons. The highest BCUT2D eigenvalue weighted by Gasteiger charge is 2.09. The van der Waals surface area contributed by atoms with Crippen molar-refractivity contribution in [2.45, 2.75) is 20.3 Å². The quantitative estimate of drug-likeness (QED) is 0.805. The Morgan fingerprint density at radius 1 is 1.53 bits per heavy atom. The fourth-order valence-corrected chi connectivity index (χ4v) is 2.06. The Labute approximate surface area is 93.6 Å². The first-order chi connectivity index (χ1) is 7.17. The second-order valence-electron chi connectivity index (χ2n) is 3.20. The van der Waals surface area contributed by atoms with E-state index >= 15 is 0 Å². The number of hydrogen-bond acceptors (Lipinski definition) is 4. The van der Waals surface area contributed by atoms with E-state index in [0.29, 0.717) is 4.88 Å². The van der Waals surface area contributed by atoms with Gasteiger partial charge in [-0.2, -0.15) is 0 Å². The van der Waals surface area contributed by atoms with Gasteiger partial charge in [-0.05, 0) is 13.1 Å². The molecule has 1 N–H and O–H groups in total. The number of carboxylic acids is 1. The van der Waals surface area contributed by atoms with Crippen LogP contribution < -0.4 is 0 Å². The van der Waals surface area contributed by atoms with Gasteiger partial charge in [-0.25, -0.2) is 9.78 Å². The van der Waals surface area contributed by atoms with Crippen LogP contribution in [0.2, 0.25) is 0 Å². The summed E-state index contributed by atoms with van der Waals surface area (Å²) in [6, 6.07) is 0. The number of carbonyl (C=O) groups is 1. The second kappa shape index (κ2) is 5.82. The Morgan fingerprint density at radius 2 is 2.20 bits per heavy atom. The number of hydrogen-bond donors (Lipinski definition) is 1. The highest BCUT2D eigenvalue weighted by atomic mass is 32.1. The van der Waals surface area contributed by atoms with Gasteiger partial charge in [-0.15, -0.1) is 11.3 Å². The zero-order valence-corrected chi connectivity index (χ0v) is 9.88. The van der Waals surface area contributed by atoms with Crippen molar-refractivity contribution in [2.75, 3.05) is 19.6 Å². The zero-order chi connectivity index (χ0) is 11.3. The number of aromatic carboxylic acids is 1. The molecule has 0 atom stereocenters. The molecule has 1 aromatic heterocycles. The Hall–Kier alpha value is -0.940. The predicted molar refractivity (Wildman–Crippen MR) is 60.6 cm³/mol. The average Bonchev–Trinajstić information content (AvgIpc) is 2.68. The van der Waals surface area contributed by atoms with Crippen LogP contribution in [0.4, 0.5) is 0 Å². The molecule has 0 saturated carbocycles. The van der Waals surface area contributed by atoms with Crippen LogP contribution in [0.1, 0.15) is 28.5 Å². The maximum atomic E-state index is 10.6. The molecule has 5 heteroatoms.